The molecule has 0 atom stereocenters. The van der Waals surface area contributed by atoms with E-state index in [0.717, 1.165) is 0 Å². The second-order valence-electron chi connectivity index (χ2n) is 4.13. The van der Waals surface area contributed by atoms with Crippen LogP contribution in [0.2, 0.25) is 0 Å². The summed E-state index contributed by atoms with van der Waals surface area (Å²) in [5.74, 6) is -0.150. The zero-order chi connectivity index (χ0) is 13.7. The van der Waals surface area contributed by atoms with Gasteiger partial charge in [-0.1, -0.05) is 20.8 Å². The van der Waals surface area contributed by atoms with E-state index >= 15 is 0 Å². The molecule has 0 amide bonds. The van der Waals surface area contributed by atoms with Crippen LogP contribution in [0.3, 0.4) is 0 Å². The molecule has 1 aromatic carbocycles. The van der Waals surface area contributed by atoms with Gasteiger partial charge in [-0.2, -0.15) is 0 Å². The van der Waals surface area contributed by atoms with Crippen LogP contribution in [0.5, 0.6) is 0 Å². The maximum atomic E-state index is 11.7. The van der Waals surface area contributed by atoms with Gasteiger partial charge < -0.3 is 0 Å². The normalized spacial score (nSPS) is 10.2. The first kappa shape index (κ1) is 14.3. The Morgan fingerprint density at radius 3 is 1.06 bits per heavy atom. The Labute approximate surface area is 107 Å². The Morgan fingerprint density at radius 1 is 0.667 bits per heavy atom. The van der Waals surface area contributed by atoms with Gasteiger partial charge in [-0.05, 0) is 18.2 Å². The zero-order valence-electron chi connectivity index (χ0n) is 11.1. The maximum absolute atomic E-state index is 11.7. The molecular weight excluding hydrogens is 228 g/mol. The Morgan fingerprint density at radius 2 is 0.889 bits per heavy atom. The number of benzene rings is 1. The maximum Gasteiger partial charge on any atom is 0.162 e. The molecule has 0 saturated heterocycles. The molecule has 0 N–H and O–H groups in total. The standard InChI is InChI=1S/C15H18O3/c1-4-13(16)10-7-11(14(17)5-2)9-12(8-10)15(18)6-3/h7-9H,4-6H2,1-3H3. The molecule has 0 unspecified atom stereocenters. The first-order chi connectivity index (χ1) is 8.53. The number of carbonyl (C=O) groups excluding carboxylic acids is 3. The van der Waals surface area contributed by atoms with Crippen LogP contribution in [0.25, 0.3) is 0 Å². The van der Waals surface area contributed by atoms with E-state index in [-0.39, 0.29) is 17.3 Å². The molecule has 96 valence electrons. The number of carbonyl (C=O) groups is 3. The third-order valence-electron chi connectivity index (χ3n) is 2.86. The molecule has 0 spiro atoms. The van der Waals surface area contributed by atoms with Gasteiger partial charge in [0.05, 0.1) is 0 Å². The number of Topliss-reactive ketones (excluding diaryl/α,β-unsaturated/α-hetero) is 3. The fourth-order valence-electron chi connectivity index (χ4n) is 1.72. The summed E-state index contributed by atoms with van der Waals surface area (Å²) in [5, 5.41) is 0. The van der Waals surface area contributed by atoms with E-state index in [1.807, 2.05) is 0 Å². The average Bonchev–Trinajstić information content (AvgIpc) is 2.43. The second kappa shape index (κ2) is 6.24. The highest BCUT2D eigenvalue weighted by Gasteiger charge is 2.13. The van der Waals surface area contributed by atoms with E-state index in [1.165, 1.54) is 0 Å². The van der Waals surface area contributed by atoms with Gasteiger partial charge in [-0.15, -0.1) is 0 Å². The molecule has 0 fully saturated rings. The van der Waals surface area contributed by atoms with E-state index in [4.69, 9.17) is 0 Å². The summed E-state index contributed by atoms with van der Waals surface area (Å²) < 4.78 is 0. The van der Waals surface area contributed by atoms with Crippen LogP contribution in [-0.4, -0.2) is 17.3 Å². The van der Waals surface area contributed by atoms with Crippen LogP contribution < -0.4 is 0 Å². The van der Waals surface area contributed by atoms with Gasteiger partial charge in [0.25, 0.3) is 0 Å². The minimum atomic E-state index is -0.0501. The van der Waals surface area contributed by atoms with Crippen LogP contribution in [0.4, 0.5) is 0 Å². The van der Waals surface area contributed by atoms with Gasteiger partial charge in [-0.3, -0.25) is 14.4 Å². The van der Waals surface area contributed by atoms with Gasteiger partial charge in [0, 0.05) is 36.0 Å². The third kappa shape index (κ3) is 3.13. The van der Waals surface area contributed by atoms with Gasteiger partial charge in [-0.25, -0.2) is 0 Å². The first-order valence-electron chi connectivity index (χ1n) is 6.28. The summed E-state index contributed by atoms with van der Waals surface area (Å²) in [5.41, 5.74) is 1.36. The molecule has 0 bridgehead atoms. The summed E-state index contributed by atoms with van der Waals surface area (Å²) in [6, 6.07) is 4.76. The van der Waals surface area contributed by atoms with Crippen molar-refractivity contribution < 1.29 is 14.4 Å². The third-order valence-corrected chi connectivity index (χ3v) is 2.86. The monoisotopic (exact) mass is 246 g/mol. The molecule has 3 nitrogen and oxygen atoms in total. The summed E-state index contributed by atoms with van der Waals surface area (Å²) in [4.78, 5) is 35.2. The molecule has 0 saturated carbocycles. The molecule has 18 heavy (non-hydrogen) atoms. The lowest BCUT2D eigenvalue weighted by Crippen LogP contribution is -2.07. The predicted molar refractivity (Wildman–Crippen MR) is 70.3 cm³/mol. The van der Waals surface area contributed by atoms with Crippen LogP contribution >= 0.6 is 0 Å². The lowest BCUT2D eigenvalue weighted by molar-refractivity contribution is 0.0987. The summed E-state index contributed by atoms with van der Waals surface area (Å²) in [6.07, 6.45) is 1.09. The minimum absolute atomic E-state index is 0.0501. The lowest BCUT2D eigenvalue weighted by atomic mass is 9.96. The Hall–Kier alpha value is -1.77. The predicted octanol–water partition coefficient (Wildman–Crippen LogP) is 3.46. The van der Waals surface area contributed by atoms with E-state index in [9.17, 15) is 14.4 Å². The Balaban J connectivity index is 3.32. The lowest BCUT2D eigenvalue weighted by Gasteiger charge is -2.06. The molecule has 0 aliphatic heterocycles. The fourth-order valence-corrected chi connectivity index (χ4v) is 1.72. The average molecular weight is 246 g/mol. The minimum Gasteiger partial charge on any atom is -0.294 e. The largest absolute Gasteiger partial charge is 0.294 e. The van der Waals surface area contributed by atoms with Gasteiger partial charge in [0.1, 0.15) is 0 Å². The molecular formula is C15H18O3. The zero-order valence-corrected chi connectivity index (χ0v) is 11.1. The number of hydrogen-bond donors (Lipinski definition) is 0. The van der Waals surface area contributed by atoms with Crippen molar-refractivity contribution in [3.63, 3.8) is 0 Å². The van der Waals surface area contributed by atoms with E-state index in [2.05, 4.69) is 0 Å². The molecule has 1 rings (SSSR count). The van der Waals surface area contributed by atoms with Crippen molar-refractivity contribution in [2.24, 2.45) is 0 Å². The summed E-state index contributed by atoms with van der Waals surface area (Å²) >= 11 is 0. The molecule has 0 aromatic heterocycles. The van der Waals surface area contributed by atoms with Crippen molar-refractivity contribution in [3.05, 3.63) is 34.9 Å². The quantitative estimate of drug-likeness (QED) is 0.722. The molecule has 0 radical (unpaired) electrons. The van der Waals surface area contributed by atoms with Crippen molar-refractivity contribution in [1.29, 1.82) is 0 Å². The van der Waals surface area contributed by atoms with Crippen molar-refractivity contribution in [2.75, 3.05) is 0 Å². The molecule has 0 aliphatic carbocycles. The highest BCUT2D eigenvalue weighted by atomic mass is 16.1. The molecule has 3 heteroatoms. The number of rotatable bonds is 6. The van der Waals surface area contributed by atoms with Crippen molar-refractivity contribution in [1.82, 2.24) is 0 Å². The van der Waals surface area contributed by atoms with Crippen LogP contribution in [0.15, 0.2) is 18.2 Å². The van der Waals surface area contributed by atoms with Gasteiger partial charge in [0.2, 0.25) is 0 Å². The summed E-state index contributed by atoms with van der Waals surface area (Å²) in [6.45, 7) is 5.29. The van der Waals surface area contributed by atoms with E-state index < -0.39 is 0 Å². The Bertz CT molecular complexity index is 403. The second-order valence-corrected chi connectivity index (χ2v) is 4.13. The highest BCUT2D eigenvalue weighted by molar-refractivity contribution is 6.05. The Kier molecular flexibility index (Phi) is 4.95. The van der Waals surface area contributed by atoms with Crippen LogP contribution in [0.1, 0.15) is 71.1 Å². The smallest absolute Gasteiger partial charge is 0.162 e. The first-order valence-corrected chi connectivity index (χ1v) is 6.28. The van der Waals surface area contributed by atoms with Gasteiger partial charge in [0.15, 0.2) is 17.3 Å². The van der Waals surface area contributed by atoms with Crippen LogP contribution in [-0.2, 0) is 0 Å². The molecule has 0 aliphatic rings. The van der Waals surface area contributed by atoms with E-state index in [0.29, 0.717) is 36.0 Å². The highest BCUT2D eigenvalue weighted by Crippen LogP contribution is 2.15. The van der Waals surface area contributed by atoms with Crippen molar-refractivity contribution in [2.45, 2.75) is 40.0 Å². The van der Waals surface area contributed by atoms with E-state index in [1.54, 1.807) is 39.0 Å². The van der Waals surface area contributed by atoms with Crippen molar-refractivity contribution in [3.8, 4) is 0 Å². The van der Waals surface area contributed by atoms with Gasteiger partial charge >= 0.3 is 0 Å². The SMILES string of the molecule is CCC(=O)c1cc(C(=O)CC)cc(C(=O)CC)c1. The number of hydrogen-bond acceptors (Lipinski definition) is 3. The van der Waals surface area contributed by atoms with Crippen molar-refractivity contribution >= 4 is 17.3 Å². The summed E-state index contributed by atoms with van der Waals surface area (Å²) in [7, 11) is 0. The fraction of sp³-hybridized carbons (Fsp3) is 0.400. The van der Waals surface area contributed by atoms with Crippen LogP contribution in [0, 0.1) is 0 Å². The molecule has 0 heterocycles. The topological polar surface area (TPSA) is 51.2 Å². The molecule has 1 aromatic rings. The number of ketones is 3.